The van der Waals surface area contributed by atoms with Crippen molar-refractivity contribution < 1.29 is 19.1 Å². The summed E-state index contributed by atoms with van der Waals surface area (Å²) in [5.41, 5.74) is 0.844. The van der Waals surface area contributed by atoms with Crippen LogP contribution in [-0.4, -0.2) is 72.5 Å². The lowest BCUT2D eigenvalue weighted by atomic mass is 9.93. The number of amides is 3. The van der Waals surface area contributed by atoms with E-state index in [1.54, 1.807) is 4.90 Å². The van der Waals surface area contributed by atoms with Crippen LogP contribution in [0.1, 0.15) is 33.1 Å². The zero-order chi connectivity index (χ0) is 21.3. The Morgan fingerprint density at radius 3 is 2.10 bits per heavy atom. The number of ether oxygens (including phenoxy) is 1. The van der Waals surface area contributed by atoms with Crippen molar-refractivity contribution in [3.05, 3.63) is 30.3 Å². The van der Waals surface area contributed by atoms with Gasteiger partial charge in [-0.05, 0) is 38.8 Å². The molecule has 3 amide bonds. The van der Waals surface area contributed by atoms with E-state index in [9.17, 15) is 14.4 Å². The van der Waals surface area contributed by atoms with Gasteiger partial charge in [-0.15, -0.1) is 0 Å². The zero-order valence-electron chi connectivity index (χ0n) is 17.8. The summed E-state index contributed by atoms with van der Waals surface area (Å²) in [5, 5.41) is 0. The summed E-state index contributed by atoms with van der Waals surface area (Å²) in [5.74, 6) is -0.0969. The van der Waals surface area contributed by atoms with Crippen molar-refractivity contribution in [1.29, 1.82) is 0 Å². The Bertz CT molecular complexity index is 781. The van der Waals surface area contributed by atoms with Gasteiger partial charge in [0.05, 0.1) is 18.1 Å². The largest absolute Gasteiger partial charge is 0.372 e. The van der Waals surface area contributed by atoms with Gasteiger partial charge in [0.15, 0.2) is 0 Å². The smallest absolute Gasteiger partial charge is 0.228 e. The molecule has 3 aliphatic heterocycles. The number of carbonyl (C=O) groups excluding carboxylic acids is 3. The third kappa shape index (κ3) is 4.36. The fraction of sp³-hybridized carbons (Fsp3) is 0.609. The fourth-order valence-electron chi connectivity index (χ4n) is 4.95. The molecule has 4 rings (SSSR count). The zero-order valence-corrected chi connectivity index (χ0v) is 17.8. The van der Waals surface area contributed by atoms with Gasteiger partial charge >= 0.3 is 0 Å². The van der Waals surface area contributed by atoms with E-state index in [2.05, 4.69) is 0 Å². The van der Waals surface area contributed by atoms with Crippen molar-refractivity contribution in [3.63, 3.8) is 0 Å². The number of morpholine rings is 1. The van der Waals surface area contributed by atoms with E-state index in [0.29, 0.717) is 45.6 Å². The predicted octanol–water partition coefficient (Wildman–Crippen LogP) is 1.91. The highest BCUT2D eigenvalue weighted by Gasteiger charge is 2.39. The predicted molar refractivity (Wildman–Crippen MR) is 113 cm³/mol. The lowest BCUT2D eigenvalue weighted by molar-refractivity contribution is -0.150. The summed E-state index contributed by atoms with van der Waals surface area (Å²) < 4.78 is 5.73. The molecular formula is C23H31N3O4. The Balaban J connectivity index is 1.30. The molecule has 1 aromatic carbocycles. The SMILES string of the molecule is CC1CN(C(=O)C2CCN(C(=O)C3CC(=O)N(c4ccccc4)C3)CC2)CC(C)O1. The first-order valence-electron chi connectivity index (χ1n) is 11.0. The maximum absolute atomic E-state index is 13.0. The van der Waals surface area contributed by atoms with Crippen molar-refractivity contribution in [1.82, 2.24) is 9.80 Å². The number of piperidine rings is 1. The maximum Gasteiger partial charge on any atom is 0.228 e. The summed E-state index contributed by atoms with van der Waals surface area (Å²) in [6.07, 6.45) is 1.76. The number of benzene rings is 1. The molecular weight excluding hydrogens is 382 g/mol. The summed E-state index contributed by atoms with van der Waals surface area (Å²) >= 11 is 0. The number of carbonyl (C=O) groups is 3. The average Bonchev–Trinajstić information content (AvgIpc) is 3.14. The van der Waals surface area contributed by atoms with Gasteiger partial charge in [-0.1, -0.05) is 18.2 Å². The van der Waals surface area contributed by atoms with E-state index in [4.69, 9.17) is 4.74 Å². The number of nitrogens with zero attached hydrogens (tertiary/aromatic N) is 3. The second-order valence-corrected chi connectivity index (χ2v) is 8.84. The number of rotatable bonds is 3. The maximum atomic E-state index is 13.0. The molecule has 7 heteroatoms. The minimum atomic E-state index is -0.300. The third-order valence-electron chi connectivity index (χ3n) is 6.43. The number of anilines is 1. The van der Waals surface area contributed by atoms with Crippen LogP contribution in [0.2, 0.25) is 0 Å². The molecule has 0 saturated carbocycles. The molecule has 0 N–H and O–H groups in total. The lowest BCUT2D eigenvalue weighted by Gasteiger charge is -2.39. The van der Waals surface area contributed by atoms with Gasteiger partial charge in [0, 0.05) is 50.7 Å². The Hall–Kier alpha value is -2.41. The van der Waals surface area contributed by atoms with Crippen LogP contribution in [-0.2, 0) is 19.1 Å². The van der Waals surface area contributed by atoms with E-state index in [0.717, 1.165) is 5.69 Å². The summed E-state index contributed by atoms with van der Waals surface area (Å²) in [7, 11) is 0. The monoisotopic (exact) mass is 413 g/mol. The van der Waals surface area contributed by atoms with Gasteiger partial charge in [-0.3, -0.25) is 14.4 Å². The van der Waals surface area contributed by atoms with Crippen molar-refractivity contribution in [3.8, 4) is 0 Å². The van der Waals surface area contributed by atoms with Gasteiger partial charge in [-0.25, -0.2) is 0 Å². The molecule has 3 saturated heterocycles. The van der Waals surface area contributed by atoms with Crippen LogP contribution in [0.3, 0.4) is 0 Å². The van der Waals surface area contributed by atoms with E-state index >= 15 is 0 Å². The Kier molecular flexibility index (Phi) is 6.09. The molecule has 1 aromatic rings. The minimum Gasteiger partial charge on any atom is -0.372 e. The Labute approximate surface area is 177 Å². The number of likely N-dealkylation sites (tertiary alicyclic amines) is 1. The average molecular weight is 414 g/mol. The van der Waals surface area contributed by atoms with Crippen molar-refractivity contribution >= 4 is 23.4 Å². The second kappa shape index (κ2) is 8.76. The first-order chi connectivity index (χ1) is 14.4. The van der Waals surface area contributed by atoms with Crippen molar-refractivity contribution in [2.75, 3.05) is 37.6 Å². The number of hydrogen-bond donors (Lipinski definition) is 0. The standard InChI is InChI=1S/C23H31N3O4/c1-16-13-25(14-17(2)30-16)22(28)18-8-10-24(11-9-18)23(29)19-12-21(27)26(15-19)20-6-4-3-5-7-20/h3-7,16-19H,8-15H2,1-2H3. The Morgan fingerprint density at radius 1 is 0.867 bits per heavy atom. The molecule has 0 bridgehead atoms. The molecule has 3 aliphatic rings. The summed E-state index contributed by atoms with van der Waals surface area (Å²) in [6, 6.07) is 9.51. The van der Waals surface area contributed by atoms with Crippen LogP contribution in [0, 0.1) is 11.8 Å². The molecule has 0 aliphatic carbocycles. The highest BCUT2D eigenvalue weighted by Crippen LogP contribution is 2.28. The van der Waals surface area contributed by atoms with Crippen molar-refractivity contribution in [2.24, 2.45) is 11.8 Å². The molecule has 0 spiro atoms. The molecule has 30 heavy (non-hydrogen) atoms. The van der Waals surface area contributed by atoms with Gasteiger partial charge in [0.25, 0.3) is 0 Å². The van der Waals surface area contributed by atoms with Crippen LogP contribution in [0.4, 0.5) is 5.69 Å². The quantitative estimate of drug-likeness (QED) is 0.759. The fourth-order valence-corrected chi connectivity index (χ4v) is 4.95. The van der Waals surface area contributed by atoms with E-state index in [-0.39, 0.29) is 48.2 Å². The van der Waals surface area contributed by atoms with E-state index in [1.807, 2.05) is 54.0 Å². The first kappa shape index (κ1) is 20.8. The van der Waals surface area contributed by atoms with Crippen LogP contribution in [0.15, 0.2) is 30.3 Å². The lowest BCUT2D eigenvalue weighted by Crippen LogP contribution is -2.52. The van der Waals surface area contributed by atoms with Gasteiger partial charge < -0.3 is 19.4 Å². The van der Waals surface area contributed by atoms with E-state index in [1.165, 1.54) is 0 Å². The Morgan fingerprint density at radius 2 is 1.47 bits per heavy atom. The van der Waals surface area contributed by atoms with E-state index < -0.39 is 0 Å². The number of hydrogen-bond acceptors (Lipinski definition) is 4. The molecule has 0 aromatic heterocycles. The number of para-hydroxylation sites is 1. The molecule has 3 atom stereocenters. The molecule has 3 heterocycles. The molecule has 3 unspecified atom stereocenters. The molecule has 162 valence electrons. The highest BCUT2D eigenvalue weighted by molar-refractivity contribution is 6.00. The minimum absolute atomic E-state index is 0.000158. The normalized spacial score (nSPS) is 28.1. The highest BCUT2D eigenvalue weighted by atomic mass is 16.5. The van der Waals surface area contributed by atoms with Crippen LogP contribution < -0.4 is 4.90 Å². The topological polar surface area (TPSA) is 70.2 Å². The first-order valence-corrected chi connectivity index (χ1v) is 11.0. The second-order valence-electron chi connectivity index (χ2n) is 8.84. The molecule has 0 radical (unpaired) electrons. The van der Waals surface area contributed by atoms with Crippen molar-refractivity contribution in [2.45, 2.75) is 45.3 Å². The van der Waals surface area contributed by atoms with Gasteiger partial charge in [0.2, 0.25) is 17.7 Å². The van der Waals surface area contributed by atoms with Crippen LogP contribution in [0.5, 0.6) is 0 Å². The van der Waals surface area contributed by atoms with Crippen LogP contribution in [0.25, 0.3) is 0 Å². The van der Waals surface area contributed by atoms with Crippen LogP contribution >= 0.6 is 0 Å². The van der Waals surface area contributed by atoms with Gasteiger partial charge in [0.1, 0.15) is 0 Å². The third-order valence-corrected chi connectivity index (χ3v) is 6.43. The van der Waals surface area contributed by atoms with Gasteiger partial charge in [-0.2, -0.15) is 0 Å². The molecule has 7 nitrogen and oxygen atoms in total. The summed E-state index contributed by atoms with van der Waals surface area (Å²) in [4.78, 5) is 43.9. The molecule has 3 fully saturated rings. The summed E-state index contributed by atoms with van der Waals surface area (Å²) in [6.45, 7) is 6.88.